The molecular formula is C21H36IN5O3. The zero-order valence-electron chi connectivity index (χ0n) is 18.2. The number of aliphatic imine (C=N–C) groups is 1. The molecule has 30 heavy (non-hydrogen) atoms. The lowest BCUT2D eigenvalue weighted by molar-refractivity contribution is -0.122. The standard InChI is InChI=1S/C21H35N5O3.HI/c1-4-11-23-19(27)15-26-12-9-17(10-13-26)25-21(22-5-2)24-14-16-7-6-8-18(29-3)20(16)28;/h6-8,17,28H,4-5,9-15H2,1-3H3,(H,23,27)(H2,22,24,25);1H. The van der Waals surface area contributed by atoms with E-state index in [9.17, 15) is 9.90 Å². The van der Waals surface area contributed by atoms with Gasteiger partial charge in [-0.1, -0.05) is 19.1 Å². The highest BCUT2D eigenvalue weighted by Gasteiger charge is 2.21. The highest BCUT2D eigenvalue weighted by atomic mass is 127. The molecule has 170 valence electrons. The number of hydrogen-bond donors (Lipinski definition) is 4. The number of nitrogens with one attached hydrogen (secondary N) is 3. The number of halogens is 1. The van der Waals surface area contributed by atoms with Crippen molar-refractivity contribution in [3.63, 3.8) is 0 Å². The van der Waals surface area contributed by atoms with Crippen molar-refractivity contribution < 1.29 is 14.6 Å². The Hall–Kier alpha value is -1.75. The molecule has 9 heteroatoms. The number of amides is 1. The van der Waals surface area contributed by atoms with Gasteiger partial charge in [0.15, 0.2) is 17.5 Å². The number of hydrogen-bond acceptors (Lipinski definition) is 5. The lowest BCUT2D eigenvalue weighted by atomic mass is 10.1. The maximum absolute atomic E-state index is 11.9. The minimum absolute atomic E-state index is 0. The number of phenolic OH excluding ortho intramolecular Hbond substituents is 1. The van der Waals surface area contributed by atoms with Crippen LogP contribution in [0.2, 0.25) is 0 Å². The number of phenols is 1. The normalized spacial score (nSPS) is 15.2. The maximum Gasteiger partial charge on any atom is 0.234 e. The molecule has 1 amide bonds. The first-order chi connectivity index (χ1) is 14.1. The molecule has 0 saturated carbocycles. The summed E-state index contributed by atoms with van der Waals surface area (Å²) in [5, 5.41) is 19.9. The number of carbonyl (C=O) groups excluding carboxylic acids is 1. The number of benzene rings is 1. The van der Waals surface area contributed by atoms with E-state index < -0.39 is 0 Å². The Morgan fingerprint density at radius 1 is 1.27 bits per heavy atom. The van der Waals surface area contributed by atoms with Crippen LogP contribution in [0.5, 0.6) is 11.5 Å². The van der Waals surface area contributed by atoms with Crippen LogP contribution in [0.25, 0.3) is 0 Å². The lowest BCUT2D eigenvalue weighted by Crippen LogP contribution is -2.50. The van der Waals surface area contributed by atoms with E-state index in [4.69, 9.17) is 4.74 Å². The SMILES string of the molecule is CCCNC(=O)CN1CCC(NC(=NCc2cccc(OC)c2O)NCC)CC1.I. The van der Waals surface area contributed by atoms with Crippen LogP contribution in [0, 0.1) is 0 Å². The van der Waals surface area contributed by atoms with E-state index in [0.29, 0.717) is 24.9 Å². The van der Waals surface area contributed by atoms with Gasteiger partial charge in [0.2, 0.25) is 5.91 Å². The summed E-state index contributed by atoms with van der Waals surface area (Å²) in [5.74, 6) is 1.41. The highest BCUT2D eigenvalue weighted by molar-refractivity contribution is 14.0. The molecular weight excluding hydrogens is 497 g/mol. The Labute approximate surface area is 196 Å². The van der Waals surface area contributed by atoms with Gasteiger partial charge in [-0.2, -0.15) is 0 Å². The van der Waals surface area contributed by atoms with Gasteiger partial charge in [-0.15, -0.1) is 24.0 Å². The van der Waals surface area contributed by atoms with Crippen molar-refractivity contribution in [2.45, 2.75) is 45.7 Å². The molecule has 0 radical (unpaired) electrons. The number of nitrogens with zero attached hydrogens (tertiary/aromatic N) is 2. The highest BCUT2D eigenvalue weighted by Crippen LogP contribution is 2.29. The molecule has 0 atom stereocenters. The zero-order chi connectivity index (χ0) is 21.1. The molecule has 1 aliphatic heterocycles. The van der Waals surface area contributed by atoms with Crippen molar-refractivity contribution in [1.82, 2.24) is 20.9 Å². The molecule has 1 saturated heterocycles. The first-order valence-electron chi connectivity index (χ1n) is 10.5. The Morgan fingerprint density at radius 3 is 2.63 bits per heavy atom. The topological polar surface area (TPSA) is 98.2 Å². The Kier molecular flexibility index (Phi) is 12.5. The number of piperidine rings is 1. The summed E-state index contributed by atoms with van der Waals surface area (Å²) in [6.45, 7) is 8.16. The summed E-state index contributed by atoms with van der Waals surface area (Å²) in [4.78, 5) is 18.7. The summed E-state index contributed by atoms with van der Waals surface area (Å²) < 4.78 is 5.16. The fraction of sp³-hybridized carbons (Fsp3) is 0.619. The molecule has 1 heterocycles. The van der Waals surface area contributed by atoms with Crippen LogP contribution in [-0.4, -0.2) is 67.7 Å². The smallest absolute Gasteiger partial charge is 0.234 e. The summed E-state index contributed by atoms with van der Waals surface area (Å²) >= 11 is 0. The number of methoxy groups -OCH3 is 1. The Bertz CT molecular complexity index is 679. The van der Waals surface area contributed by atoms with Gasteiger partial charge in [0.1, 0.15) is 0 Å². The fourth-order valence-electron chi connectivity index (χ4n) is 3.30. The molecule has 1 aliphatic rings. The molecule has 1 aromatic rings. The van der Waals surface area contributed by atoms with E-state index in [1.165, 1.54) is 7.11 Å². The third-order valence-electron chi connectivity index (χ3n) is 4.92. The van der Waals surface area contributed by atoms with E-state index in [1.807, 2.05) is 19.1 Å². The van der Waals surface area contributed by atoms with E-state index >= 15 is 0 Å². The van der Waals surface area contributed by atoms with Crippen LogP contribution in [0.15, 0.2) is 23.2 Å². The van der Waals surface area contributed by atoms with E-state index in [1.54, 1.807) is 6.07 Å². The number of aromatic hydroxyl groups is 1. The predicted octanol–water partition coefficient (Wildman–Crippen LogP) is 2.06. The Morgan fingerprint density at radius 2 is 2.00 bits per heavy atom. The van der Waals surface area contributed by atoms with E-state index in [0.717, 1.165) is 57.0 Å². The van der Waals surface area contributed by atoms with Gasteiger partial charge in [-0.3, -0.25) is 9.69 Å². The first kappa shape index (κ1) is 26.3. The molecule has 8 nitrogen and oxygen atoms in total. The molecule has 4 N–H and O–H groups in total. The van der Waals surface area contributed by atoms with Gasteiger partial charge >= 0.3 is 0 Å². The van der Waals surface area contributed by atoms with Crippen molar-refractivity contribution in [3.05, 3.63) is 23.8 Å². The lowest BCUT2D eigenvalue weighted by Gasteiger charge is -2.32. The van der Waals surface area contributed by atoms with Gasteiger partial charge < -0.3 is 25.8 Å². The second-order valence-corrected chi connectivity index (χ2v) is 7.21. The van der Waals surface area contributed by atoms with E-state index in [-0.39, 0.29) is 35.6 Å². The molecule has 0 unspecified atom stereocenters. The fourth-order valence-corrected chi connectivity index (χ4v) is 3.30. The quantitative estimate of drug-likeness (QED) is 0.221. The number of guanidine groups is 1. The monoisotopic (exact) mass is 533 g/mol. The first-order valence-corrected chi connectivity index (χ1v) is 10.5. The van der Waals surface area contributed by atoms with Crippen molar-refractivity contribution >= 4 is 35.8 Å². The number of rotatable bonds is 9. The largest absolute Gasteiger partial charge is 0.504 e. The van der Waals surface area contributed by atoms with Crippen LogP contribution in [0.1, 0.15) is 38.7 Å². The zero-order valence-corrected chi connectivity index (χ0v) is 20.6. The van der Waals surface area contributed by atoms with Crippen molar-refractivity contribution in [2.24, 2.45) is 4.99 Å². The third-order valence-corrected chi connectivity index (χ3v) is 4.92. The summed E-state index contributed by atoms with van der Waals surface area (Å²) in [7, 11) is 1.54. The molecule has 0 aliphatic carbocycles. The van der Waals surface area contributed by atoms with Crippen LogP contribution in [-0.2, 0) is 11.3 Å². The van der Waals surface area contributed by atoms with Crippen LogP contribution in [0.3, 0.4) is 0 Å². The van der Waals surface area contributed by atoms with Crippen molar-refractivity contribution in [1.29, 1.82) is 0 Å². The number of para-hydroxylation sites is 1. The molecule has 0 bridgehead atoms. The molecule has 2 rings (SSSR count). The average Bonchev–Trinajstić information content (AvgIpc) is 2.73. The molecule has 0 aromatic heterocycles. The molecule has 0 spiro atoms. The minimum Gasteiger partial charge on any atom is -0.504 e. The summed E-state index contributed by atoms with van der Waals surface area (Å²) in [5.41, 5.74) is 0.717. The predicted molar refractivity (Wildman–Crippen MR) is 131 cm³/mol. The summed E-state index contributed by atoms with van der Waals surface area (Å²) in [6.07, 6.45) is 2.86. The number of likely N-dealkylation sites (tertiary alicyclic amines) is 1. The van der Waals surface area contributed by atoms with Gasteiger partial charge in [-0.05, 0) is 32.3 Å². The summed E-state index contributed by atoms with van der Waals surface area (Å²) in [6, 6.07) is 5.72. The van der Waals surface area contributed by atoms with Crippen molar-refractivity contribution in [2.75, 3.05) is 39.8 Å². The van der Waals surface area contributed by atoms with Gasteiger partial charge in [0, 0.05) is 37.8 Å². The number of carbonyl (C=O) groups is 1. The Balaban J connectivity index is 0.00000450. The van der Waals surface area contributed by atoms with Gasteiger partial charge in [0.25, 0.3) is 0 Å². The third kappa shape index (κ3) is 8.55. The van der Waals surface area contributed by atoms with Gasteiger partial charge in [-0.25, -0.2) is 4.99 Å². The average molecular weight is 533 g/mol. The van der Waals surface area contributed by atoms with Gasteiger partial charge in [0.05, 0.1) is 20.2 Å². The number of ether oxygens (including phenoxy) is 1. The van der Waals surface area contributed by atoms with Crippen LogP contribution < -0.4 is 20.7 Å². The molecule has 1 fully saturated rings. The van der Waals surface area contributed by atoms with Crippen LogP contribution >= 0.6 is 24.0 Å². The van der Waals surface area contributed by atoms with E-state index in [2.05, 4.69) is 32.8 Å². The minimum atomic E-state index is 0. The van der Waals surface area contributed by atoms with Crippen LogP contribution in [0.4, 0.5) is 0 Å². The second kappa shape index (κ2) is 14.3. The van der Waals surface area contributed by atoms with Crippen molar-refractivity contribution in [3.8, 4) is 11.5 Å². The molecule has 1 aromatic carbocycles. The maximum atomic E-state index is 11.9. The second-order valence-electron chi connectivity index (χ2n) is 7.21.